The van der Waals surface area contributed by atoms with Gasteiger partial charge in [0, 0.05) is 58.1 Å². The zero-order valence-corrected chi connectivity index (χ0v) is 31.9. The molecule has 1 fully saturated rings. The maximum absolute atomic E-state index is 13.4. The van der Waals surface area contributed by atoms with Crippen LogP contribution in [0.15, 0.2) is 50.0 Å². The van der Waals surface area contributed by atoms with E-state index in [1.165, 1.54) is 34.9 Å². The highest BCUT2D eigenvalue weighted by Crippen LogP contribution is 2.46. The number of hydrogen-bond donors (Lipinski definition) is 5. The Hall–Kier alpha value is -4.93. The molecule has 0 aromatic carbocycles. The number of fused-ring (bicyclic) bond motifs is 1. The molecule has 280 valence electrons. The van der Waals surface area contributed by atoms with Crippen molar-refractivity contribution in [1.29, 1.82) is 0 Å². The Morgan fingerprint density at radius 1 is 1.13 bits per heavy atom. The van der Waals surface area contributed by atoms with Crippen LogP contribution in [0.25, 0.3) is 11.3 Å². The number of carboxylic acid groups (broad SMARTS) is 2. The highest BCUT2D eigenvalue weighted by Gasteiger charge is 2.54. The van der Waals surface area contributed by atoms with Crippen molar-refractivity contribution < 1.29 is 48.4 Å². The van der Waals surface area contributed by atoms with Crippen molar-refractivity contribution in [3.63, 3.8) is 0 Å². The second kappa shape index (κ2) is 17.3. The molecule has 2 aliphatic heterocycles. The first-order valence-electron chi connectivity index (χ1n) is 15.9. The number of hydrogen-bond acceptors (Lipinski definition) is 15. The Bertz CT molecular complexity index is 1980. The lowest BCUT2D eigenvalue weighted by Crippen LogP contribution is -2.71. The fourth-order valence-corrected chi connectivity index (χ4v) is 8.99. The van der Waals surface area contributed by atoms with Gasteiger partial charge in [0.05, 0.1) is 5.69 Å². The second-order valence-electron chi connectivity index (χ2n) is 11.7. The summed E-state index contributed by atoms with van der Waals surface area (Å²) in [6.07, 6.45) is 3.23. The number of nitrogens with zero attached hydrogens (tertiary/aromatic N) is 6. The minimum absolute atomic E-state index is 0.0202. The molecule has 5 heterocycles. The monoisotopic (exact) mass is 804 g/mol. The number of nitrogens with one attached hydrogen (secondary N) is 3. The molecule has 5 N–H and O–H groups in total. The third-order valence-electron chi connectivity index (χ3n) is 7.60. The molecule has 4 amide bonds. The average Bonchev–Trinajstić information content (AvgIpc) is 3.78. The average molecular weight is 805 g/mol. The van der Waals surface area contributed by atoms with Crippen LogP contribution in [-0.4, -0.2) is 101 Å². The van der Waals surface area contributed by atoms with Crippen LogP contribution in [0.1, 0.15) is 39.4 Å². The first-order valence-corrected chi connectivity index (χ1v) is 19.5. The molecule has 53 heavy (non-hydrogen) atoms. The molecule has 1 saturated heterocycles. The van der Waals surface area contributed by atoms with E-state index in [4.69, 9.17) is 4.84 Å². The molecule has 0 spiro atoms. The molecule has 0 bridgehead atoms. The maximum atomic E-state index is 13.4. The standard InChI is InChI=1S/C31H33N9O9S4/c1-5-49-37-21(24-36-30(53-38-24)34-19(42)7-6-18(41)33-20(14(2)3)28(45)46)25(43)35-22-26(44)40-23(29(47)48)17(13-50-27(22)40)52-31-32-16(12-51-31)15-8-10-39(4)11-9-15/h8-12,14,20,22,27H,5-7,13H2,1-4H3,(H4-,33,34,35,36,38,41,42,43,45,46,47,48)/p+1/t20-,22+,27+/m0/s1. The van der Waals surface area contributed by atoms with E-state index in [-0.39, 0.29) is 53.5 Å². The van der Waals surface area contributed by atoms with E-state index in [2.05, 4.69) is 35.4 Å². The molecule has 3 aromatic heterocycles. The van der Waals surface area contributed by atoms with Crippen molar-refractivity contribution >= 4 is 92.8 Å². The Balaban J connectivity index is 1.21. The summed E-state index contributed by atoms with van der Waals surface area (Å²) in [5, 5.41) is 31.8. The van der Waals surface area contributed by atoms with E-state index >= 15 is 0 Å². The van der Waals surface area contributed by atoms with E-state index in [0.717, 1.165) is 27.7 Å². The number of aliphatic carboxylic acids is 2. The largest absolute Gasteiger partial charge is 0.480 e. The van der Waals surface area contributed by atoms with Crippen LogP contribution in [0.3, 0.4) is 0 Å². The topological polar surface area (TPSA) is 246 Å². The molecule has 0 aliphatic carbocycles. The molecule has 22 heteroatoms. The van der Waals surface area contributed by atoms with Crippen LogP contribution < -0.4 is 20.5 Å². The predicted molar refractivity (Wildman–Crippen MR) is 195 cm³/mol. The summed E-state index contributed by atoms with van der Waals surface area (Å²) in [4.78, 5) is 90.7. The number of thiazole rings is 1. The molecule has 5 rings (SSSR count). The fraction of sp³-hybridized carbons (Fsp3) is 0.387. The molecule has 3 atom stereocenters. The first kappa shape index (κ1) is 39.3. The summed E-state index contributed by atoms with van der Waals surface area (Å²) < 4.78 is 6.60. The van der Waals surface area contributed by atoms with E-state index in [9.17, 15) is 39.0 Å². The summed E-state index contributed by atoms with van der Waals surface area (Å²) in [6, 6.07) is 1.66. The van der Waals surface area contributed by atoms with Gasteiger partial charge in [0.1, 0.15) is 36.8 Å². The molecule has 0 radical (unpaired) electrons. The number of aromatic nitrogens is 4. The number of thioether (sulfide) groups is 2. The number of anilines is 1. The number of oxime groups is 1. The number of carboxylic acids is 2. The number of carbonyl (C=O) groups is 6. The van der Waals surface area contributed by atoms with Crippen LogP contribution in [0.5, 0.6) is 0 Å². The van der Waals surface area contributed by atoms with Crippen LogP contribution in [-0.2, 0) is 40.7 Å². The molecule has 18 nitrogen and oxygen atoms in total. The maximum Gasteiger partial charge on any atom is 0.353 e. The lowest BCUT2D eigenvalue weighted by molar-refractivity contribution is -0.671. The van der Waals surface area contributed by atoms with E-state index in [1.54, 1.807) is 20.8 Å². The minimum atomic E-state index is -1.29. The van der Waals surface area contributed by atoms with Crippen molar-refractivity contribution in [2.45, 2.75) is 55.4 Å². The Kier molecular flexibility index (Phi) is 12.8. The number of rotatable bonds is 16. The van der Waals surface area contributed by atoms with Crippen molar-refractivity contribution in [3.8, 4) is 11.3 Å². The molecule has 0 saturated carbocycles. The number of carbonyl (C=O) groups excluding carboxylic acids is 4. The predicted octanol–water partition coefficient (Wildman–Crippen LogP) is 1.66. The van der Waals surface area contributed by atoms with E-state index < -0.39 is 53.0 Å². The van der Waals surface area contributed by atoms with Gasteiger partial charge in [-0.3, -0.25) is 24.1 Å². The molecular formula is C31H34N9O9S4+. The summed E-state index contributed by atoms with van der Waals surface area (Å²) in [5.41, 5.74) is 1.08. The van der Waals surface area contributed by atoms with E-state index in [1.807, 2.05) is 41.5 Å². The van der Waals surface area contributed by atoms with Gasteiger partial charge in [-0.2, -0.15) is 9.36 Å². The van der Waals surface area contributed by atoms with Gasteiger partial charge in [-0.1, -0.05) is 30.8 Å². The Morgan fingerprint density at radius 3 is 2.51 bits per heavy atom. The van der Waals surface area contributed by atoms with Crippen molar-refractivity contribution in [2.75, 3.05) is 17.7 Å². The lowest BCUT2D eigenvalue weighted by Gasteiger charge is -2.49. The first-order chi connectivity index (χ1) is 25.3. The summed E-state index contributed by atoms with van der Waals surface area (Å²) >= 11 is 4.55. The lowest BCUT2D eigenvalue weighted by atomic mass is 10.0. The summed E-state index contributed by atoms with van der Waals surface area (Å²) in [7, 11) is 1.91. The van der Waals surface area contributed by atoms with E-state index in [0.29, 0.717) is 9.24 Å². The number of pyridine rings is 1. The van der Waals surface area contributed by atoms with Gasteiger partial charge in [-0.15, -0.1) is 23.1 Å². The SMILES string of the molecule is CCON=C(C(=O)N[C@@H]1C(=O)N2C(C(=O)O)=C(Sc3nc(-c4cc[n+](C)cc4)cs3)CS[C@H]12)c1nsc(NC(=O)CCC(=O)N[C@H](C(=O)O)C(C)C)n1. The fourth-order valence-electron chi connectivity index (χ4n) is 4.94. The normalized spacial score (nSPS) is 17.5. The molecular weight excluding hydrogens is 771 g/mol. The van der Waals surface area contributed by atoms with Gasteiger partial charge < -0.3 is 31.0 Å². The van der Waals surface area contributed by atoms with Crippen LogP contribution >= 0.6 is 46.4 Å². The highest BCUT2D eigenvalue weighted by atomic mass is 32.2. The van der Waals surface area contributed by atoms with Crippen LogP contribution in [0.2, 0.25) is 0 Å². The molecule has 3 aromatic rings. The van der Waals surface area contributed by atoms with Gasteiger partial charge in [0.15, 0.2) is 16.7 Å². The van der Waals surface area contributed by atoms with Crippen LogP contribution in [0, 0.1) is 5.92 Å². The van der Waals surface area contributed by atoms with Crippen LogP contribution in [0.4, 0.5) is 5.13 Å². The third-order valence-corrected chi connectivity index (χ3v) is 11.7. The van der Waals surface area contributed by atoms with Gasteiger partial charge in [-0.25, -0.2) is 19.1 Å². The zero-order valence-electron chi connectivity index (χ0n) is 28.6. The molecule has 2 aliphatic rings. The third kappa shape index (κ3) is 9.36. The molecule has 0 unspecified atom stereocenters. The second-order valence-corrected chi connectivity index (χ2v) is 15.8. The van der Waals surface area contributed by atoms with Gasteiger partial charge in [0.2, 0.25) is 28.5 Å². The smallest absolute Gasteiger partial charge is 0.353 e. The summed E-state index contributed by atoms with van der Waals surface area (Å²) in [6.45, 7) is 5.00. The highest BCUT2D eigenvalue weighted by molar-refractivity contribution is 8.07. The zero-order chi connectivity index (χ0) is 38.4. The van der Waals surface area contributed by atoms with Gasteiger partial charge >= 0.3 is 11.9 Å². The summed E-state index contributed by atoms with van der Waals surface area (Å²) in [5.74, 6) is -5.53. The number of amides is 4. The Labute approximate surface area is 318 Å². The van der Waals surface area contributed by atoms with Gasteiger partial charge in [0.25, 0.3) is 11.8 Å². The van der Waals surface area contributed by atoms with Crippen molar-refractivity contribution in [2.24, 2.45) is 18.1 Å². The van der Waals surface area contributed by atoms with Crippen molar-refractivity contribution in [3.05, 3.63) is 46.3 Å². The van der Waals surface area contributed by atoms with Gasteiger partial charge in [-0.05, 0) is 12.8 Å². The quantitative estimate of drug-likeness (QED) is 0.0599. The Morgan fingerprint density at radius 2 is 1.85 bits per heavy atom. The number of β-lactam (4-membered cyclic amide) rings is 1. The van der Waals surface area contributed by atoms with Crippen molar-refractivity contribution in [1.82, 2.24) is 29.9 Å². The number of aryl methyl sites for hydroxylation is 1. The minimum Gasteiger partial charge on any atom is -0.480 e.